The Balaban J connectivity index is 1.86. The van der Waals surface area contributed by atoms with Gasteiger partial charge in [0.25, 0.3) is 5.91 Å². The van der Waals surface area contributed by atoms with Gasteiger partial charge in [0.1, 0.15) is 11.5 Å². The lowest BCUT2D eigenvalue weighted by atomic mass is 10.2. The minimum absolute atomic E-state index is 0.223. The molecular weight excluding hydrogens is 230 g/mol. The van der Waals surface area contributed by atoms with E-state index in [2.05, 4.69) is 20.3 Å². The fourth-order valence-corrected chi connectivity index (χ4v) is 1.45. The number of rotatable bonds is 4. The number of nitrogens with one attached hydrogen (secondary N) is 1. The van der Waals surface area contributed by atoms with Crippen LogP contribution in [0.1, 0.15) is 16.1 Å². The van der Waals surface area contributed by atoms with E-state index in [4.69, 9.17) is 5.73 Å². The molecule has 92 valence electrons. The molecule has 0 aliphatic carbocycles. The van der Waals surface area contributed by atoms with Crippen LogP contribution in [0.5, 0.6) is 0 Å². The van der Waals surface area contributed by atoms with Crippen LogP contribution in [0.2, 0.25) is 0 Å². The van der Waals surface area contributed by atoms with Crippen molar-refractivity contribution < 1.29 is 4.79 Å². The van der Waals surface area contributed by atoms with Crippen LogP contribution in [0.4, 0.5) is 5.82 Å². The first-order valence-electron chi connectivity index (χ1n) is 5.50. The average Bonchev–Trinajstić information content (AvgIpc) is 2.40. The van der Waals surface area contributed by atoms with Crippen molar-refractivity contribution in [2.24, 2.45) is 0 Å². The van der Waals surface area contributed by atoms with Gasteiger partial charge in [-0.05, 0) is 18.1 Å². The molecule has 0 aromatic carbocycles. The summed E-state index contributed by atoms with van der Waals surface area (Å²) in [6.07, 6.45) is 6.98. The van der Waals surface area contributed by atoms with Crippen molar-refractivity contribution in [2.75, 3.05) is 12.3 Å². The normalized spacial score (nSPS) is 10.0. The Morgan fingerprint density at radius 1 is 1.28 bits per heavy atom. The third-order valence-electron chi connectivity index (χ3n) is 2.31. The van der Waals surface area contributed by atoms with Gasteiger partial charge in [0, 0.05) is 18.9 Å². The second-order valence-corrected chi connectivity index (χ2v) is 3.70. The van der Waals surface area contributed by atoms with Crippen LogP contribution in [0.25, 0.3) is 0 Å². The second kappa shape index (κ2) is 5.72. The van der Waals surface area contributed by atoms with Gasteiger partial charge in [-0.15, -0.1) is 0 Å². The summed E-state index contributed by atoms with van der Waals surface area (Å²) in [5.41, 5.74) is 6.74. The molecule has 2 rings (SSSR count). The number of aromatic nitrogens is 3. The predicted octanol–water partition coefficient (Wildman–Crippen LogP) is 0.426. The smallest absolute Gasteiger partial charge is 0.271 e. The summed E-state index contributed by atoms with van der Waals surface area (Å²) >= 11 is 0. The first kappa shape index (κ1) is 12.0. The molecule has 0 atom stereocenters. The number of amides is 1. The number of pyridine rings is 1. The van der Waals surface area contributed by atoms with E-state index in [9.17, 15) is 4.79 Å². The minimum Gasteiger partial charge on any atom is -0.382 e. The Bertz CT molecular complexity index is 529. The molecule has 3 N–H and O–H groups in total. The van der Waals surface area contributed by atoms with E-state index < -0.39 is 0 Å². The monoisotopic (exact) mass is 243 g/mol. The molecule has 0 aliphatic rings. The van der Waals surface area contributed by atoms with E-state index in [1.165, 1.54) is 12.4 Å². The highest BCUT2D eigenvalue weighted by atomic mass is 16.1. The van der Waals surface area contributed by atoms with Crippen LogP contribution in [-0.4, -0.2) is 27.4 Å². The molecule has 2 heterocycles. The molecule has 0 saturated heterocycles. The minimum atomic E-state index is -0.279. The predicted molar refractivity (Wildman–Crippen MR) is 66.7 cm³/mol. The molecule has 1 amide bonds. The number of hydrogen-bond donors (Lipinski definition) is 2. The van der Waals surface area contributed by atoms with Crippen LogP contribution in [-0.2, 0) is 6.42 Å². The van der Waals surface area contributed by atoms with E-state index in [0.717, 1.165) is 12.0 Å². The summed E-state index contributed by atoms with van der Waals surface area (Å²) in [6.45, 7) is 0.515. The van der Waals surface area contributed by atoms with E-state index in [1.807, 2.05) is 12.1 Å². The van der Waals surface area contributed by atoms with E-state index >= 15 is 0 Å². The summed E-state index contributed by atoms with van der Waals surface area (Å²) in [7, 11) is 0. The Morgan fingerprint density at radius 3 is 2.89 bits per heavy atom. The fraction of sp³-hybridized carbons (Fsp3) is 0.167. The van der Waals surface area contributed by atoms with Crippen LogP contribution >= 0.6 is 0 Å². The van der Waals surface area contributed by atoms with Gasteiger partial charge in [0.05, 0.1) is 12.4 Å². The van der Waals surface area contributed by atoms with Gasteiger partial charge in [-0.25, -0.2) is 4.98 Å². The number of nitrogens with zero attached hydrogens (tertiary/aromatic N) is 3. The van der Waals surface area contributed by atoms with Gasteiger partial charge in [-0.2, -0.15) is 0 Å². The molecule has 0 aliphatic heterocycles. The van der Waals surface area contributed by atoms with Gasteiger partial charge in [-0.1, -0.05) is 6.07 Å². The van der Waals surface area contributed by atoms with Crippen LogP contribution in [0, 0.1) is 0 Å². The third-order valence-corrected chi connectivity index (χ3v) is 2.31. The summed E-state index contributed by atoms with van der Waals surface area (Å²) in [6, 6.07) is 3.82. The summed E-state index contributed by atoms with van der Waals surface area (Å²) < 4.78 is 0. The van der Waals surface area contributed by atoms with Gasteiger partial charge < -0.3 is 11.1 Å². The van der Waals surface area contributed by atoms with Crippen molar-refractivity contribution in [3.05, 3.63) is 48.2 Å². The van der Waals surface area contributed by atoms with Crippen molar-refractivity contribution in [1.29, 1.82) is 0 Å². The van der Waals surface area contributed by atoms with Gasteiger partial charge in [0.15, 0.2) is 0 Å². The summed E-state index contributed by atoms with van der Waals surface area (Å²) in [5, 5.41) is 2.75. The molecule has 2 aromatic heterocycles. The highest BCUT2D eigenvalue weighted by Crippen LogP contribution is 1.98. The van der Waals surface area contributed by atoms with Crippen LogP contribution in [0.15, 0.2) is 36.9 Å². The molecule has 18 heavy (non-hydrogen) atoms. The van der Waals surface area contributed by atoms with Gasteiger partial charge in [-0.3, -0.25) is 14.8 Å². The highest BCUT2D eigenvalue weighted by Gasteiger charge is 2.07. The van der Waals surface area contributed by atoms with Crippen molar-refractivity contribution in [3.8, 4) is 0 Å². The molecule has 0 saturated carbocycles. The van der Waals surface area contributed by atoms with E-state index in [0.29, 0.717) is 6.54 Å². The Hall–Kier alpha value is -2.50. The quantitative estimate of drug-likeness (QED) is 0.812. The van der Waals surface area contributed by atoms with E-state index in [-0.39, 0.29) is 17.4 Å². The Labute approximate surface area is 104 Å². The molecule has 6 heteroatoms. The summed E-state index contributed by atoms with van der Waals surface area (Å²) in [4.78, 5) is 23.4. The number of nitrogen functional groups attached to an aromatic ring is 1. The number of carbonyl (C=O) groups is 1. The zero-order chi connectivity index (χ0) is 12.8. The highest BCUT2D eigenvalue weighted by molar-refractivity contribution is 5.92. The SMILES string of the molecule is Nc1cncc(C(=O)NCCc2cccnc2)n1. The molecule has 0 fully saturated rings. The molecule has 6 nitrogen and oxygen atoms in total. The van der Waals surface area contributed by atoms with Crippen LogP contribution in [0.3, 0.4) is 0 Å². The molecule has 2 aromatic rings. The standard InChI is InChI=1S/C12H13N5O/c13-11-8-15-7-10(17-11)12(18)16-5-3-9-2-1-4-14-6-9/h1-2,4,6-8H,3,5H2,(H2,13,17)(H,16,18). The fourth-order valence-electron chi connectivity index (χ4n) is 1.45. The van der Waals surface area contributed by atoms with Gasteiger partial charge >= 0.3 is 0 Å². The largest absolute Gasteiger partial charge is 0.382 e. The maximum atomic E-state index is 11.7. The number of carbonyl (C=O) groups excluding carboxylic acids is 1. The lowest BCUT2D eigenvalue weighted by Crippen LogP contribution is -2.26. The van der Waals surface area contributed by atoms with Crippen molar-refractivity contribution >= 4 is 11.7 Å². The molecule has 0 spiro atoms. The Kier molecular flexibility index (Phi) is 3.80. The second-order valence-electron chi connectivity index (χ2n) is 3.70. The number of hydrogen-bond acceptors (Lipinski definition) is 5. The first-order chi connectivity index (χ1) is 8.75. The van der Waals surface area contributed by atoms with Crippen molar-refractivity contribution in [2.45, 2.75) is 6.42 Å². The van der Waals surface area contributed by atoms with E-state index in [1.54, 1.807) is 12.4 Å². The van der Waals surface area contributed by atoms with Crippen molar-refractivity contribution in [3.63, 3.8) is 0 Å². The topological polar surface area (TPSA) is 93.8 Å². The molecular formula is C12H13N5O. The first-order valence-corrected chi connectivity index (χ1v) is 5.50. The summed E-state index contributed by atoms with van der Waals surface area (Å²) in [5.74, 6) is -0.0476. The number of nitrogens with two attached hydrogens (primary N) is 1. The molecule has 0 radical (unpaired) electrons. The Morgan fingerprint density at radius 2 is 2.17 bits per heavy atom. The zero-order valence-electron chi connectivity index (χ0n) is 9.71. The van der Waals surface area contributed by atoms with Gasteiger partial charge in [0.2, 0.25) is 0 Å². The molecule has 0 unspecified atom stereocenters. The lowest BCUT2D eigenvalue weighted by molar-refractivity contribution is 0.0949. The van der Waals surface area contributed by atoms with Crippen molar-refractivity contribution in [1.82, 2.24) is 20.3 Å². The third kappa shape index (κ3) is 3.24. The number of anilines is 1. The lowest BCUT2D eigenvalue weighted by Gasteiger charge is -2.04. The maximum Gasteiger partial charge on any atom is 0.271 e. The average molecular weight is 243 g/mol. The zero-order valence-corrected chi connectivity index (χ0v) is 9.71. The molecule has 0 bridgehead atoms. The maximum absolute atomic E-state index is 11.7. The van der Waals surface area contributed by atoms with Crippen LogP contribution < -0.4 is 11.1 Å².